The van der Waals surface area contributed by atoms with E-state index in [2.05, 4.69) is 10.0 Å². The van der Waals surface area contributed by atoms with E-state index in [9.17, 15) is 26.0 Å². The lowest BCUT2D eigenvalue weighted by Gasteiger charge is -2.17. The van der Waals surface area contributed by atoms with Crippen molar-refractivity contribution in [3.8, 4) is 0 Å². The number of carbonyl (C=O) groups excluding carboxylic acids is 1. The van der Waals surface area contributed by atoms with Gasteiger partial charge >= 0.3 is 0 Å². The Labute approximate surface area is 191 Å². The molecule has 0 radical (unpaired) electrons. The van der Waals surface area contributed by atoms with Crippen LogP contribution < -0.4 is 14.3 Å². The van der Waals surface area contributed by atoms with E-state index >= 15 is 0 Å². The van der Waals surface area contributed by atoms with Crippen LogP contribution in [0.25, 0.3) is 0 Å². The normalized spacial score (nSPS) is 15.2. The first-order chi connectivity index (χ1) is 15.6. The first kappa shape index (κ1) is 22.7. The van der Waals surface area contributed by atoms with E-state index in [-0.39, 0.29) is 21.9 Å². The lowest BCUT2D eigenvalue weighted by atomic mass is 10.2. The summed E-state index contributed by atoms with van der Waals surface area (Å²) in [6, 6.07) is 16.8. The summed E-state index contributed by atoms with van der Waals surface area (Å²) in [5.74, 6) is -0.964. The molecule has 3 aromatic carbocycles. The molecule has 0 aromatic heterocycles. The van der Waals surface area contributed by atoms with Crippen LogP contribution in [0.4, 0.5) is 21.5 Å². The monoisotopic (exact) mass is 489 g/mol. The van der Waals surface area contributed by atoms with Gasteiger partial charge in [0, 0.05) is 17.8 Å². The summed E-state index contributed by atoms with van der Waals surface area (Å²) in [6.45, 7) is 0.368. The molecule has 0 spiro atoms. The van der Waals surface area contributed by atoms with Crippen LogP contribution in [-0.2, 0) is 20.0 Å². The Morgan fingerprint density at radius 3 is 2.33 bits per heavy atom. The number of hydrogen-bond donors (Lipinski definition) is 2. The molecule has 0 saturated carbocycles. The van der Waals surface area contributed by atoms with Crippen molar-refractivity contribution in [1.29, 1.82) is 0 Å². The second-order valence-electron chi connectivity index (χ2n) is 7.39. The molecule has 8 nitrogen and oxygen atoms in total. The third-order valence-corrected chi connectivity index (χ3v) is 8.26. The number of rotatable bonds is 6. The number of hydrogen-bond acceptors (Lipinski definition) is 5. The highest BCUT2D eigenvalue weighted by Crippen LogP contribution is 2.25. The highest BCUT2D eigenvalue weighted by molar-refractivity contribution is 7.93. The van der Waals surface area contributed by atoms with Crippen LogP contribution in [0.2, 0.25) is 0 Å². The van der Waals surface area contributed by atoms with Gasteiger partial charge in [-0.05, 0) is 67.1 Å². The zero-order valence-corrected chi connectivity index (χ0v) is 18.9. The molecular formula is C22H20FN3O5S2. The van der Waals surface area contributed by atoms with Crippen molar-refractivity contribution in [2.24, 2.45) is 0 Å². The maximum Gasteiger partial charge on any atom is 0.261 e. The third-order valence-electron chi connectivity index (χ3n) is 4.99. The average molecular weight is 490 g/mol. The van der Waals surface area contributed by atoms with E-state index in [0.29, 0.717) is 24.3 Å². The minimum Gasteiger partial charge on any atom is -0.322 e. The SMILES string of the molecule is O=C(Nc1ccc(S(=O)(=O)Nc2cccc(F)c2)cc1)c1cccc(N2CCCS2(=O)=O)c1. The zero-order chi connectivity index (χ0) is 23.6. The number of anilines is 3. The smallest absolute Gasteiger partial charge is 0.261 e. The van der Waals surface area contributed by atoms with Gasteiger partial charge in [-0.3, -0.25) is 13.8 Å². The molecular weight excluding hydrogens is 469 g/mol. The number of carbonyl (C=O) groups is 1. The molecule has 0 aliphatic carbocycles. The molecule has 3 aromatic rings. The van der Waals surface area contributed by atoms with Crippen molar-refractivity contribution in [2.75, 3.05) is 26.6 Å². The Hall–Kier alpha value is -3.44. The molecule has 2 N–H and O–H groups in total. The molecule has 0 bridgehead atoms. The van der Waals surface area contributed by atoms with Crippen molar-refractivity contribution >= 4 is 43.0 Å². The van der Waals surface area contributed by atoms with Gasteiger partial charge in [-0.2, -0.15) is 0 Å². The molecule has 1 amide bonds. The largest absolute Gasteiger partial charge is 0.322 e. The van der Waals surface area contributed by atoms with Gasteiger partial charge in [-0.15, -0.1) is 0 Å². The van der Waals surface area contributed by atoms with Crippen LogP contribution >= 0.6 is 0 Å². The minimum atomic E-state index is -3.95. The molecule has 33 heavy (non-hydrogen) atoms. The van der Waals surface area contributed by atoms with E-state index in [1.54, 1.807) is 18.2 Å². The highest BCUT2D eigenvalue weighted by atomic mass is 32.2. The van der Waals surface area contributed by atoms with Crippen molar-refractivity contribution < 1.29 is 26.0 Å². The fraction of sp³-hybridized carbons (Fsp3) is 0.136. The number of sulfonamides is 2. The van der Waals surface area contributed by atoms with Crippen molar-refractivity contribution in [3.63, 3.8) is 0 Å². The summed E-state index contributed by atoms with van der Waals surface area (Å²) >= 11 is 0. The second kappa shape index (κ2) is 8.83. The summed E-state index contributed by atoms with van der Waals surface area (Å²) in [5, 5.41) is 2.66. The molecule has 1 fully saturated rings. The summed E-state index contributed by atoms with van der Waals surface area (Å²) < 4.78 is 66.2. The van der Waals surface area contributed by atoms with Gasteiger partial charge < -0.3 is 5.32 Å². The van der Waals surface area contributed by atoms with Crippen molar-refractivity contribution in [1.82, 2.24) is 0 Å². The van der Waals surface area contributed by atoms with Crippen LogP contribution in [0, 0.1) is 5.82 Å². The highest BCUT2D eigenvalue weighted by Gasteiger charge is 2.28. The summed E-state index contributed by atoms with van der Waals surface area (Å²) in [7, 11) is -7.31. The van der Waals surface area contributed by atoms with Crippen LogP contribution in [0.3, 0.4) is 0 Å². The van der Waals surface area contributed by atoms with Crippen molar-refractivity contribution in [2.45, 2.75) is 11.3 Å². The average Bonchev–Trinajstić information content (AvgIpc) is 3.13. The maximum atomic E-state index is 13.3. The number of benzene rings is 3. The lowest BCUT2D eigenvalue weighted by molar-refractivity contribution is 0.102. The predicted molar refractivity (Wildman–Crippen MR) is 124 cm³/mol. The van der Waals surface area contributed by atoms with Gasteiger partial charge in [0.1, 0.15) is 5.82 Å². The lowest BCUT2D eigenvalue weighted by Crippen LogP contribution is -2.25. The quantitative estimate of drug-likeness (QED) is 0.551. The molecule has 1 aliphatic heterocycles. The Morgan fingerprint density at radius 1 is 0.939 bits per heavy atom. The standard InChI is InChI=1S/C22H20FN3O5S2/c23-17-5-2-6-19(15-17)25-33(30,31)21-10-8-18(9-11-21)24-22(27)16-4-1-7-20(14-16)26-12-3-13-32(26,28)29/h1-2,4-11,14-15,25H,3,12-13H2,(H,24,27). The molecule has 1 heterocycles. The summed E-state index contributed by atoms with van der Waals surface area (Å²) in [5.41, 5.74) is 1.13. The Bertz CT molecular complexity index is 1410. The Morgan fingerprint density at radius 2 is 1.67 bits per heavy atom. The van der Waals surface area contributed by atoms with Crippen molar-refractivity contribution in [3.05, 3.63) is 84.2 Å². The van der Waals surface area contributed by atoms with Gasteiger partial charge in [0.05, 0.1) is 22.0 Å². The van der Waals surface area contributed by atoms with Gasteiger partial charge in [-0.1, -0.05) is 12.1 Å². The maximum absolute atomic E-state index is 13.3. The number of halogens is 1. The molecule has 172 valence electrons. The van der Waals surface area contributed by atoms with E-state index in [1.807, 2.05) is 0 Å². The first-order valence-electron chi connectivity index (χ1n) is 9.94. The molecule has 0 unspecified atom stereocenters. The second-order valence-corrected chi connectivity index (χ2v) is 11.1. The van der Waals surface area contributed by atoms with E-state index in [0.717, 1.165) is 6.07 Å². The van der Waals surface area contributed by atoms with Gasteiger partial charge in [0.2, 0.25) is 10.0 Å². The molecule has 1 saturated heterocycles. The fourth-order valence-corrected chi connectivity index (χ4v) is 6.02. The van der Waals surface area contributed by atoms with Crippen LogP contribution in [0.5, 0.6) is 0 Å². The van der Waals surface area contributed by atoms with E-state index in [4.69, 9.17) is 0 Å². The molecule has 4 rings (SSSR count). The minimum absolute atomic E-state index is 0.0639. The van der Waals surface area contributed by atoms with Crippen LogP contribution in [-0.4, -0.2) is 35.0 Å². The van der Waals surface area contributed by atoms with E-state index in [1.165, 1.54) is 52.8 Å². The third kappa shape index (κ3) is 5.15. The van der Waals surface area contributed by atoms with Crippen LogP contribution in [0.1, 0.15) is 16.8 Å². The fourth-order valence-electron chi connectivity index (χ4n) is 3.42. The zero-order valence-electron chi connectivity index (χ0n) is 17.2. The Kier molecular flexibility index (Phi) is 6.09. The first-order valence-corrected chi connectivity index (χ1v) is 13.0. The predicted octanol–water partition coefficient (Wildman–Crippen LogP) is 3.42. The molecule has 11 heteroatoms. The van der Waals surface area contributed by atoms with Gasteiger partial charge in [0.25, 0.3) is 15.9 Å². The number of nitrogens with one attached hydrogen (secondary N) is 2. The van der Waals surface area contributed by atoms with E-state index < -0.39 is 31.8 Å². The topological polar surface area (TPSA) is 113 Å². The van der Waals surface area contributed by atoms with Crippen LogP contribution in [0.15, 0.2) is 77.7 Å². The number of nitrogens with zero attached hydrogens (tertiary/aromatic N) is 1. The number of amides is 1. The Balaban J connectivity index is 1.47. The van der Waals surface area contributed by atoms with Gasteiger partial charge in [-0.25, -0.2) is 21.2 Å². The molecule has 1 aliphatic rings. The van der Waals surface area contributed by atoms with Gasteiger partial charge in [0.15, 0.2) is 0 Å². The summed E-state index contributed by atoms with van der Waals surface area (Å²) in [6.07, 6.45) is 0.530. The summed E-state index contributed by atoms with van der Waals surface area (Å²) in [4.78, 5) is 12.6. The molecule has 0 atom stereocenters.